The number of anilines is 4. The van der Waals surface area contributed by atoms with E-state index in [0.717, 1.165) is 55.9 Å². The fourth-order valence-electron chi connectivity index (χ4n) is 9.57. The first-order chi connectivity index (χ1) is 32.1. The number of fused-ring (bicyclic) bond motifs is 4. The van der Waals surface area contributed by atoms with Gasteiger partial charge in [-0.3, -0.25) is 0 Å². The SMILES string of the molecule is CC(C)c1cc(C(C)C)c(-c2ccc3c(c2)N(c2[c-]c(Oc4[c-]c5c(cc4)c4ccccc4n5-c4cc(C(C)(C)C)ccn4)cc(C(C)(C)C)c2)[CH-]N3c2cccc(C(C)(C)C)c2)c(C(C)C)c1.[Pt]. The van der Waals surface area contributed by atoms with Crippen molar-refractivity contribution in [2.24, 2.45) is 0 Å². The first-order valence-corrected chi connectivity index (χ1v) is 24.6. The molecular weight excluding hydrogens is 1020 g/mol. The fourth-order valence-corrected chi connectivity index (χ4v) is 9.57. The Labute approximate surface area is 427 Å². The second-order valence-electron chi connectivity index (χ2n) is 23.0. The first kappa shape index (κ1) is 49.8. The van der Waals surface area contributed by atoms with E-state index in [2.05, 4.69) is 246 Å². The van der Waals surface area contributed by atoms with Gasteiger partial charge in [-0.15, -0.1) is 53.6 Å². The summed E-state index contributed by atoms with van der Waals surface area (Å²) >= 11 is 0. The number of pyridine rings is 1. The van der Waals surface area contributed by atoms with Gasteiger partial charge in [0.15, 0.2) is 0 Å². The van der Waals surface area contributed by atoms with Crippen molar-refractivity contribution in [2.45, 2.75) is 138 Å². The van der Waals surface area contributed by atoms with Crippen LogP contribution in [0, 0.1) is 18.8 Å². The van der Waals surface area contributed by atoms with Crippen LogP contribution in [0.3, 0.4) is 0 Å². The van der Waals surface area contributed by atoms with E-state index in [1.807, 2.05) is 12.3 Å². The van der Waals surface area contributed by atoms with Crippen LogP contribution < -0.4 is 14.5 Å². The van der Waals surface area contributed by atoms with Gasteiger partial charge in [-0.25, -0.2) is 4.98 Å². The van der Waals surface area contributed by atoms with Crippen molar-refractivity contribution < 1.29 is 25.8 Å². The molecule has 0 fully saturated rings. The Morgan fingerprint density at radius 3 is 1.87 bits per heavy atom. The van der Waals surface area contributed by atoms with E-state index in [-0.39, 0.29) is 37.3 Å². The van der Waals surface area contributed by atoms with Gasteiger partial charge in [0.25, 0.3) is 0 Å². The van der Waals surface area contributed by atoms with Crippen molar-refractivity contribution in [1.82, 2.24) is 9.55 Å². The quantitative estimate of drug-likeness (QED) is 0.135. The van der Waals surface area contributed by atoms with Gasteiger partial charge in [-0.05, 0) is 121 Å². The molecule has 0 atom stereocenters. The number of aromatic nitrogens is 2. The van der Waals surface area contributed by atoms with Gasteiger partial charge in [0, 0.05) is 61.3 Å². The van der Waals surface area contributed by atoms with Crippen LogP contribution in [0.5, 0.6) is 11.5 Å². The predicted molar refractivity (Wildman–Crippen MR) is 288 cm³/mol. The number of hydrogen-bond donors (Lipinski definition) is 0. The number of benzene rings is 6. The van der Waals surface area contributed by atoms with Crippen molar-refractivity contribution in [2.75, 3.05) is 9.80 Å². The van der Waals surface area contributed by atoms with Crippen LogP contribution in [0.1, 0.15) is 155 Å². The molecule has 0 spiro atoms. The minimum atomic E-state index is -0.187. The zero-order chi connectivity index (χ0) is 48.6. The fraction of sp³-hybridized carbons (Fsp3) is 0.333. The van der Waals surface area contributed by atoms with Crippen LogP contribution in [0.15, 0.2) is 121 Å². The Bertz CT molecular complexity index is 3160. The molecule has 0 saturated carbocycles. The molecule has 5 nitrogen and oxygen atoms in total. The summed E-state index contributed by atoms with van der Waals surface area (Å²) in [6.45, 7) is 36.5. The van der Waals surface area contributed by atoms with Gasteiger partial charge in [-0.1, -0.05) is 158 Å². The monoisotopic (exact) mass is 1090 g/mol. The average molecular weight is 1090 g/mol. The second kappa shape index (κ2) is 18.6. The number of hydrogen-bond acceptors (Lipinski definition) is 4. The first-order valence-electron chi connectivity index (χ1n) is 24.6. The Hall–Kier alpha value is -5.64. The second-order valence-corrected chi connectivity index (χ2v) is 23.0. The maximum absolute atomic E-state index is 6.95. The molecule has 1 aliphatic heterocycles. The van der Waals surface area contributed by atoms with Gasteiger partial charge >= 0.3 is 0 Å². The molecule has 69 heavy (non-hydrogen) atoms. The largest absolute Gasteiger partial charge is 0.509 e. The van der Waals surface area contributed by atoms with Crippen molar-refractivity contribution in [3.8, 4) is 28.4 Å². The van der Waals surface area contributed by atoms with Gasteiger partial charge in [0.2, 0.25) is 0 Å². The number of rotatable bonds is 9. The summed E-state index contributed by atoms with van der Waals surface area (Å²) in [6, 6.07) is 49.9. The third-order valence-corrected chi connectivity index (χ3v) is 13.7. The van der Waals surface area contributed by atoms with Gasteiger partial charge in [0.1, 0.15) is 5.82 Å². The van der Waals surface area contributed by atoms with Gasteiger partial charge < -0.3 is 19.1 Å². The predicted octanol–water partition coefficient (Wildman–Crippen LogP) is 17.9. The minimum Gasteiger partial charge on any atom is -0.509 e. The maximum Gasteiger partial charge on any atom is 0.135 e. The van der Waals surface area contributed by atoms with E-state index in [0.29, 0.717) is 29.3 Å². The maximum atomic E-state index is 6.95. The molecule has 0 N–H and O–H groups in total. The summed E-state index contributed by atoms with van der Waals surface area (Å²) in [5.41, 5.74) is 16.4. The molecule has 0 radical (unpaired) electrons. The van der Waals surface area contributed by atoms with Crippen LogP contribution in [-0.2, 0) is 37.3 Å². The molecule has 360 valence electrons. The molecule has 0 unspecified atom stereocenters. The smallest absolute Gasteiger partial charge is 0.135 e. The number of nitrogens with zero attached hydrogens (tertiary/aromatic N) is 4. The Kier molecular flexibility index (Phi) is 13.4. The van der Waals surface area contributed by atoms with Crippen molar-refractivity contribution >= 4 is 44.6 Å². The van der Waals surface area contributed by atoms with Crippen LogP contribution >= 0.6 is 0 Å². The summed E-state index contributed by atoms with van der Waals surface area (Å²) in [7, 11) is 0. The van der Waals surface area contributed by atoms with Crippen molar-refractivity contribution in [3.63, 3.8) is 0 Å². The standard InChI is InChI=1S/C63H69N4O.Pt/c1-39(2)43-29-53(40(3)4)60(54(30-43)41(5)6)42-23-26-56-58(31-42)66(38-65(56)47-20-18-19-44(32-47)61(7,8)9)48-33-46(63(13,14)15)34-50(36-48)68-49-24-25-52-51-21-16-17-22-55(51)67(57(52)37-49)59-35-45(27-28-64-59)62(10,11)12;/h16-35,38-41H,1-15H3;/q-3;. The van der Waals surface area contributed by atoms with E-state index < -0.39 is 0 Å². The molecule has 6 aromatic carbocycles. The molecule has 8 aromatic rings. The molecule has 9 rings (SSSR count). The summed E-state index contributed by atoms with van der Waals surface area (Å²) in [5.74, 6) is 3.25. The molecule has 0 bridgehead atoms. The number of para-hydroxylation sites is 1. The van der Waals surface area contributed by atoms with Crippen LogP contribution in [0.2, 0.25) is 0 Å². The van der Waals surface area contributed by atoms with E-state index in [4.69, 9.17) is 9.72 Å². The van der Waals surface area contributed by atoms with Crippen molar-refractivity contribution in [1.29, 1.82) is 0 Å². The summed E-state index contributed by atoms with van der Waals surface area (Å²) in [4.78, 5) is 9.57. The Morgan fingerprint density at radius 2 is 1.22 bits per heavy atom. The summed E-state index contributed by atoms with van der Waals surface area (Å²) in [5, 5.41) is 2.24. The van der Waals surface area contributed by atoms with Crippen LogP contribution in [-0.4, -0.2) is 9.55 Å². The zero-order valence-corrected chi connectivity index (χ0v) is 45.6. The number of ether oxygens (including phenoxy) is 1. The Morgan fingerprint density at radius 1 is 0.551 bits per heavy atom. The van der Waals surface area contributed by atoms with E-state index >= 15 is 0 Å². The van der Waals surface area contributed by atoms with Gasteiger partial charge in [-0.2, -0.15) is 6.07 Å². The molecule has 3 heterocycles. The summed E-state index contributed by atoms with van der Waals surface area (Å²) < 4.78 is 9.17. The molecule has 0 amide bonds. The topological polar surface area (TPSA) is 33.5 Å². The third-order valence-electron chi connectivity index (χ3n) is 13.7. The van der Waals surface area contributed by atoms with Crippen molar-refractivity contribution in [3.05, 3.63) is 174 Å². The zero-order valence-electron chi connectivity index (χ0n) is 43.4. The third kappa shape index (κ3) is 9.66. The van der Waals surface area contributed by atoms with Crippen LogP contribution in [0.25, 0.3) is 38.8 Å². The normalized spacial score (nSPS) is 13.3. The summed E-state index contributed by atoms with van der Waals surface area (Å²) in [6.07, 6.45) is 1.92. The van der Waals surface area contributed by atoms with E-state index in [1.54, 1.807) is 0 Å². The molecule has 1 aliphatic rings. The van der Waals surface area contributed by atoms with E-state index in [9.17, 15) is 0 Å². The molecule has 0 aliphatic carbocycles. The molecule has 2 aromatic heterocycles. The molecule has 6 heteroatoms. The van der Waals surface area contributed by atoms with Crippen LogP contribution in [0.4, 0.5) is 22.7 Å². The molecular formula is C63H69N4OPt-3. The van der Waals surface area contributed by atoms with Gasteiger partial charge in [0.05, 0.1) is 0 Å². The average Bonchev–Trinajstić information content (AvgIpc) is 3.83. The molecule has 0 saturated heterocycles. The van der Waals surface area contributed by atoms with E-state index in [1.165, 1.54) is 38.9 Å². The Balaban J connectivity index is 0.00000642. The minimum absolute atomic E-state index is 0.